The lowest BCUT2D eigenvalue weighted by Crippen LogP contribution is -2.34. The summed E-state index contributed by atoms with van der Waals surface area (Å²) in [6, 6.07) is 1.90. The van der Waals surface area contributed by atoms with E-state index in [4.69, 9.17) is 0 Å². The molecule has 17 heavy (non-hydrogen) atoms. The van der Waals surface area contributed by atoms with Gasteiger partial charge in [-0.15, -0.1) is 0 Å². The minimum Gasteiger partial charge on any atom is -0.372 e. The number of aromatic nitrogens is 1. The van der Waals surface area contributed by atoms with Crippen molar-refractivity contribution in [3.05, 3.63) is 22.3 Å². The zero-order valence-corrected chi connectivity index (χ0v) is 12.5. The highest BCUT2D eigenvalue weighted by Crippen LogP contribution is 2.17. The van der Waals surface area contributed by atoms with Crippen molar-refractivity contribution in [2.24, 2.45) is 0 Å². The first kappa shape index (κ1) is 14.3. The first-order valence-corrected chi connectivity index (χ1v) is 7.40. The van der Waals surface area contributed by atoms with Crippen LogP contribution in [0.2, 0.25) is 0 Å². The summed E-state index contributed by atoms with van der Waals surface area (Å²) < 4.78 is 0.791. The first-order valence-electron chi connectivity index (χ1n) is 5.21. The molecule has 2 N–H and O–H groups in total. The molecule has 1 rings (SSSR count). The second-order valence-electron chi connectivity index (χ2n) is 3.63. The Hall–Kier alpha value is -0.750. The molecule has 0 saturated carbocycles. The third kappa shape index (κ3) is 4.20. The molecule has 0 saturated heterocycles. The van der Waals surface area contributed by atoms with Gasteiger partial charge in [-0.05, 0) is 35.2 Å². The molecule has 6 heteroatoms. The lowest BCUT2D eigenvalue weighted by Gasteiger charge is -2.14. The fourth-order valence-corrected chi connectivity index (χ4v) is 2.32. The summed E-state index contributed by atoms with van der Waals surface area (Å²) >= 11 is 5.02. The zero-order valence-electron chi connectivity index (χ0n) is 10.1. The van der Waals surface area contributed by atoms with Crippen LogP contribution in [0.25, 0.3) is 0 Å². The summed E-state index contributed by atoms with van der Waals surface area (Å²) in [6.07, 6.45) is 3.68. The van der Waals surface area contributed by atoms with Crippen LogP contribution in [0.3, 0.4) is 0 Å². The number of rotatable bonds is 5. The van der Waals surface area contributed by atoms with Crippen molar-refractivity contribution in [3.63, 3.8) is 0 Å². The normalized spacial score (nSPS) is 12.0. The third-order valence-electron chi connectivity index (χ3n) is 2.13. The largest absolute Gasteiger partial charge is 0.372 e. The Kier molecular flexibility index (Phi) is 5.77. The molecule has 0 aliphatic heterocycles. The van der Waals surface area contributed by atoms with E-state index in [2.05, 4.69) is 31.5 Å². The Balaban J connectivity index is 2.83. The lowest BCUT2D eigenvalue weighted by atomic mass is 10.2. The van der Waals surface area contributed by atoms with E-state index in [0.29, 0.717) is 11.4 Å². The third-order valence-corrected chi connectivity index (χ3v) is 3.40. The number of carbonyl (C=O) groups is 1. The number of nitrogens with zero attached hydrogens (tertiary/aromatic N) is 1. The zero-order chi connectivity index (χ0) is 12.8. The second kappa shape index (κ2) is 6.86. The van der Waals surface area contributed by atoms with E-state index >= 15 is 0 Å². The van der Waals surface area contributed by atoms with E-state index in [0.717, 1.165) is 10.2 Å². The van der Waals surface area contributed by atoms with E-state index in [1.807, 2.05) is 13.2 Å². The van der Waals surface area contributed by atoms with Gasteiger partial charge in [0.2, 0.25) is 0 Å². The van der Waals surface area contributed by atoms with Crippen molar-refractivity contribution in [1.82, 2.24) is 10.3 Å². The van der Waals surface area contributed by atoms with Gasteiger partial charge in [0.15, 0.2) is 0 Å². The van der Waals surface area contributed by atoms with Gasteiger partial charge in [0.25, 0.3) is 5.91 Å². The molecule has 1 amide bonds. The average molecular weight is 318 g/mol. The molecule has 0 radical (unpaired) electrons. The molecule has 1 unspecified atom stereocenters. The molecule has 1 aromatic heterocycles. The van der Waals surface area contributed by atoms with Crippen molar-refractivity contribution >= 4 is 39.4 Å². The predicted molar refractivity (Wildman–Crippen MR) is 76.8 cm³/mol. The standard InChI is InChI=1S/C11H16BrN3OS/c1-7(6-17-3)15-11(16)9-4-8(12)5-14-10(9)13-2/h4-5,7H,6H2,1-3H3,(H,13,14)(H,15,16). The Morgan fingerprint density at radius 1 is 1.65 bits per heavy atom. The van der Waals surface area contributed by atoms with Crippen LogP contribution in [-0.4, -0.2) is 36.0 Å². The van der Waals surface area contributed by atoms with Crippen molar-refractivity contribution in [3.8, 4) is 0 Å². The fourth-order valence-electron chi connectivity index (χ4n) is 1.40. The maximum absolute atomic E-state index is 12.0. The van der Waals surface area contributed by atoms with Crippen LogP contribution in [0.1, 0.15) is 17.3 Å². The topological polar surface area (TPSA) is 54.0 Å². The molecule has 1 atom stereocenters. The predicted octanol–water partition coefficient (Wildman–Crippen LogP) is 2.37. The number of amides is 1. The highest BCUT2D eigenvalue weighted by Gasteiger charge is 2.14. The van der Waals surface area contributed by atoms with Gasteiger partial charge >= 0.3 is 0 Å². The van der Waals surface area contributed by atoms with E-state index in [9.17, 15) is 4.79 Å². The molecule has 0 bridgehead atoms. The van der Waals surface area contributed by atoms with Gasteiger partial charge in [-0.25, -0.2) is 4.98 Å². The molecule has 0 spiro atoms. The number of pyridine rings is 1. The minimum atomic E-state index is -0.107. The maximum atomic E-state index is 12.0. The molecular weight excluding hydrogens is 302 g/mol. The summed E-state index contributed by atoms with van der Waals surface area (Å²) in [5, 5.41) is 5.85. The molecule has 0 aromatic carbocycles. The Labute approximate surface area is 114 Å². The minimum absolute atomic E-state index is 0.107. The molecule has 4 nitrogen and oxygen atoms in total. The molecule has 0 aliphatic carbocycles. The van der Waals surface area contributed by atoms with Crippen LogP contribution in [0.5, 0.6) is 0 Å². The summed E-state index contributed by atoms with van der Waals surface area (Å²) in [6.45, 7) is 1.98. The van der Waals surface area contributed by atoms with E-state index in [-0.39, 0.29) is 11.9 Å². The van der Waals surface area contributed by atoms with Gasteiger partial charge in [-0.3, -0.25) is 4.79 Å². The van der Waals surface area contributed by atoms with Gasteiger partial charge in [0.1, 0.15) is 5.82 Å². The molecule has 1 heterocycles. The number of carbonyl (C=O) groups excluding carboxylic acids is 1. The van der Waals surface area contributed by atoms with E-state index in [1.165, 1.54) is 0 Å². The summed E-state index contributed by atoms with van der Waals surface area (Å²) in [5.41, 5.74) is 0.551. The van der Waals surface area contributed by atoms with Gasteiger partial charge in [0.05, 0.1) is 5.56 Å². The fraction of sp³-hybridized carbons (Fsp3) is 0.455. The molecule has 0 fully saturated rings. The van der Waals surface area contributed by atoms with Gasteiger partial charge in [-0.2, -0.15) is 11.8 Å². The Bertz CT molecular complexity index is 400. The highest BCUT2D eigenvalue weighted by atomic mass is 79.9. The van der Waals surface area contributed by atoms with E-state index < -0.39 is 0 Å². The van der Waals surface area contributed by atoms with Gasteiger partial charge < -0.3 is 10.6 Å². The highest BCUT2D eigenvalue weighted by molar-refractivity contribution is 9.10. The summed E-state index contributed by atoms with van der Waals surface area (Å²) in [5.74, 6) is 1.37. The SMILES string of the molecule is CNc1ncc(Br)cc1C(=O)NC(C)CSC. The number of nitrogens with one attached hydrogen (secondary N) is 2. The number of hydrogen-bond donors (Lipinski definition) is 2. The number of anilines is 1. The van der Waals surface area contributed by atoms with Crippen molar-refractivity contribution in [2.45, 2.75) is 13.0 Å². The number of hydrogen-bond acceptors (Lipinski definition) is 4. The molecular formula is C11H16BrN3OS. The maximum Gasteiger partial charge on any atom is 0.255 e. The quantitative estimate of drug-likeness (QED) is 0.875. The van der Waals surface area contributed by atoms with Crippen molar-refractivity contribution < 1.29 is 4.79 Å². The Morgan fingerprint density at radius 3 is 2.94 bits per heavy atom. The lowest BCUT2D eigenvalue weighted by molar-refractivity contribution is 0.0944. The van der Waals surface area contributed by atoms with Crippen molar-refractivity contribution in [2.75, 3.05) is 24.4 Å². The smallest absolute Gasteiger partial charge is 0.255 e. The first-order chi connectivity index (χ1) is 8.08. The molecule has 1 aromatic rings. The second-order valence-corrected chi connectivity index (χ2v) is 5.46. The van der Waals surface area contributed by atoms with Crippen LogP contribution < -0.4 is 10.6 Å². The van der Waals surface area contributed by atoms with Crippen LogP contribution in [0, 0.1) is 0 Å². The average Bonchev–Trinajstić information content (AvgIpc) is 2.29. The monoisotopic (exact) mass is 317 g/mol. The van der Waals surface area contributed by atoms with Gasteiger partial charge in [0, 0.05) is 29.5 Å². The molecule has 94 valence electrons. The molecule has 0 aliphatic rings. The summed E-state index contributed by atoms with van der Waals surface area (Å²) in [4.78, 5) is 16.2. The van der Waals surface area contributed by atoms with Crippen LogP contribution in [0.15, 0.2) is 16.7 Å². The Morgan fingerprint density at radius 2 is 2.35 bits per heavy atom. The van der Waals surface area contributed by atoms with E-state index in [1.54, 1.807) is 31.1 Å². The van der Waals surface area contributed by atoms with Crippen LogP contribution in [-0.2, 0) is 0 Å². The van der Waals surface area contributed by atoms with Crippen LogP contribution in [0.4, 0.5) is 5.82 Å². The summed E-state index contributed by atoms with van der Waals surface area (Å²) in [7, 11) is 1.75. The van der Waals surface area contributed by atoms with Crippen molar-refractivity contribution in [1.29, 1.82) is 0 Å². The number of halogens is 1. The van der Waals surface area contributed by atoms with Gasteiger partial charge in [-0.1, -0.05) is 0 Å². The number of thioether (sulfide) groups is 1. The van der Waals surface area contributed by atoms with Crippen LogP contribution >= 0.6 is 27.7 Å².